The second kappa shape index (κ2) is 6.24. The zero-order valence-electron chi connectivity index (χ0n) is 12.3. The molecule has 1 amide bonds. The molecule has 0 radical (unpaired) electrons. The van der Waals surface area contributed by atoms with Crippen LogP contribution in [0.4, 0.5) is 0 Å². The Labute approximate surface area is 138 Å². The van der Waals surface area contributed by atoms with Crippen LogP contribution in [0.25, 0.3) is 22.2 Å². The number of benzene rings is 2. The molecule has 6 heteroatoms. The molecule has 3 aromatic rings. The maximum atomic E-state index is 12.1. The summed E-state index contributed by atoms with van der Waals surface area (Å²) in [6, 6.07) is 14.4. The van der Waals surface area contributed by atoms with Crippen molar-refractivity contribution >= 4 is 28.4 Å². The summed E-state index contributed by atoms with van der Waals surface area (Å²) in [5, 5.41) is 1.13. The van der Waals surface area contributed by atoms with Crippen molar-refractivity contribution in [2.24, 2.45) is 5.84 Å². The van der Waals surface area contributed by atoms with E-state index in [0.717, 1.165) is 11.3 Å². The molecule has 1 heterocycles. The number of amides is 1. The van der Waals surface area contributed by atoms with Crippen molar-refractivity contribution in [1.82, 2.24) is 10.4 Å². The lowest BCUT2D eigenvalue weighted by Gasteiger charge is -2.10. The molecular weight excluding hydrogens is 314 g/mol. The molecule has 3 N–H and O–H groups in total. The van der Waals surface area contributed by atoms with E-state index in [9.17, 15) is 4.79 Å². The molecule has 0 saturated heterocycles. The van der Waals surface area contributed by atoms with Gasteiger partial charge in [0.25, 0.3) is 5.91 Å². The minimum Gasteiger partial charge on any atom is -0.497 e. The number of methoxy groups -OCH3 is 1. The number of rotatable bonds is 3. The highest BCUT2D eigenvalue weighted by Crippen LogP contribution is 2.29. The minimum absolute atomic E-state index is 0.394. The van der Waals surface area contributed by atoms with E-state index < -0.39 is 5.91 Å². The van der Waals surface area contributed by atoms with Gasteiger partial charge in [0.15, 0.2) is 0 Å². The highest BCUT2D eigenvalue weighted by molar-refractivity contribution is 6.35. The number of nitrogen functional groups attached to an aromatic ring is 1. The monoisotopic (exact) mass is 327 g/mol. The van der Waals surface area contributed by atoms with Crippen molar-refractivity contribution < 1.29 is 9.53 Å². The Kier molecular flexibility index (Phi) is 4.14. The molecule has 0 fully saturated rings. The number of ether oxygens (including phenoxy) is 1. The van der Waals surface area contributed by atoms with Gasteiger partial charge in [-0.25, -0.2) is 10.8 Å². The zero-order valence-corrected chi connectivity index (χ0v) is 13.1. The molecule has 2 aromatic carbocycles. The molecule has 0 unspecified atom stereocenters. The summed E-state index contributed by atoms with van der Waals surface area (Å²) in [6.45, 7) is 0. The van der Waals surface area contributed by atoms with E-state index in [-0.39, 0.29) is 0 Å². The topological polar surface area (TPSA) is 77.2 Å². The molecular formula is C17H14ClN3O2. The van der Waals surface area contributed by atoms with Crippen LogP contribution in [0, 0.1) is 0 Å². The van der Waals surface area contributed by atoms with E-state index in [1.807, 2.05) is 24.3 Å². The van der Waals surface area contributed by atoms with Gasteiger partial charge >= 0.3 is 0 Å². The van der Waals surface area contributed by atoms with Crippen LogP contribution in [0.5, 0.6) is 5.75 Å². The van der Waals surface area contributed by atoms with Crippen LogP contribution in [0.3, 0.4) is 0 Å². The number of halogens is 1. The number of hydrogen-bond donors (Lipinski definition) is 2. The molecule has 23 heavy (non-hydrogen) atoms. The number of para-hydroxylation sites is 1. The summed E-state index contributed by atoms with van der Waals surface area (Å²) in [7, 11) is 1.60. The van der Waals surface area contributed by atoms with Gasteiger partial charge in [-0.15, -0.1) is 0 Å². The Morgan fingerprint density at radius 2 is 1.96 bits per heavy atom. The number of fused-ring (bicyclic) bond motifs is 1. The predicted octanol–water partition coefficient (Wildman–Crippen LogP) is 3.17. The van der Waals surface area contributed by atoms with Crippen LogP contribution in [0.15, 0.2) is 48.5 Å². The third-order valence-corrected chi connectivity index (χ3v) is 3.86. The normalized spacial score (nSPS) is 10.6. The molecule has 1 aromatic heterocycles. The average molecular weight is 328 g/mol. The van der Waals surface area contributed by atoms with Crippen molar-refractivity contribution in [3.8, 4) is 17.0 Å². The second-order valence-corrected chi connectivity index (χ2v) is 5.30. The summed E-state index contributed by atoms with van der Waals surface area (Å²) < 4.78 is 5.15. The number of nitrogens with one attached hydrogen (secondary N) is 1. The number of nitrogens with zero attached hydrogens (tertiary/aromatic N) is 1. The quantitative estimate of drug-likeness (QED) is 0.440. The third kappa shape index (κ3) is 2.84. The van der Waals surface area contributed by atoms with Crippen LogP contribution in [0.2, 0.25) is 5.02 Å². The van der Waals surface area contributed by atoms with E-state index in [0.29, 0.717) is 27.2 Å². The zero-order chi connectivity index (χ0) is 16.4. The SMILES string of the molecule is COc1ccc(-c2cc(C(=O)NN)c3cccc(Cl)c3n2)cc1. The first kappa shape index (κ1) is 15.3. The standard InChI is InChI=1S/C17H14ClN3O2/c1-23-11-7-5-10(6-8-11)15-9-13(17(22)21-19)12-3-2-4-14(18)16(12)20-15/h2-9H,19H2,1H3,(H,21,22). The molecule has 0 spiro atoms. The fourth-order valence-corrected chi connectivity index (χ4v) is 2.61. The Bertz CT molecular complexity index is 879. The fourth-order valence-electron chi connectivity index (χ4n) is 2.39. The second-order valence-electron chi connectivity index (χ2n) is 4.89. The molecule has 3 rings (SSSR count). The van der Waals surface area contributed by atoms with Crippen LogP contribution in [0.1, 0.15) is 10.4 Å². The van der Waals surface area contributed by atoms with Crippen LogP contribution >= 0.6 is 11.6 Å². The fraction of sp³-hybridized carbons (Fsp3) is 0.0588. The van der Waals surface area contributed by atoms with E-state index in [4.69, 9.17) is 22.2 Å². The lowest BCUT2D eigenvalue weighted by Crippen LogP contribution is -2.30. The highest BCUT2D eigenvalue weighted by Gasteiger charge is 2.14. The van der Waals surface area contributed by atoms with Gasteiger partial charge in [0, 0.05) is 10.9 Å². The van der Waals surface area contributed by atoms with Gasteiger partial charge in [-0.05, 0) is 36.4 Å². The number of hydrogen-bond acceptors (Lipinski definition) is 4. The van der Waals surface area contributed by atoms with E-state index in [1.54, 1.807) is 31.4 Å². The van der Waals surface area contributed by atoms with Crippen molar-refractivity contribution in [3.05, 3.63) is 59.1 Å². The summed E-state index contributed by atoms with van der Waals surface area (Å²) in [4.78, 5) is 16.7. The molecule has 0 saturated carbocycles. The summed E-state index contributed by atoms with van der Waals surface area (Å²) >= 11 is 6.24. The first-order chi connectivity index (χ1) is 11.1. The molecule has 116 valence electrons. The van der Waals surface area contributed by atoms with Gasteiger partial charge in [-0.2, -0.15) is 0 Å². The first-order valence-electron chi connectivity index (χ1n) is 6.88. The minimum atomic E-state index is -0.394. The van der Waals surface area contributed by atoms with E-state index >= 15 is 0 Å². The molecule has 0 bridgehead atoms. The van der Waals surface area contributed by atoms with E-state index in [1.165, 1.54) is 0 Å². The van der Waals surface area contributed by atoms with Crippen molar-refractivity contribution in [2.45, 2.75) is 0 Å². The van der Waals surface area contributed by atoms with Gasteiger partial charge in [-0.3, -0.25) is 10.2 Å². The summed E-state index contributed by atoms with van der Waals surface area (Å²) in [5.74, 6) is 5.64. The molecule has 5 nitrogen and oxygen atoms in total. The highest BCUT2D eigenvalue weighted by atomic mass is 35.5. The maximum Gasteiger partial charge on any atom is 0.265 e. The number of hydrazine groups is 1. The first-order valence-corrected chi connectivity index (χ1v) is 7.26. The van der Waals surface area contributed by atoms with Gasteiger partial charge in [0.1, 0.15) is 5.75 Å². The Morgan fingerprint density at radius 3 is 2.61 bits per heavy atom. The average Bonchev–Trinajstić information content (AvgIpc) is 2.61. The summed E-state index contributed by atoms with van der Waals surface area (Å²) in [5.41, 5.74) is 4.62. The van der Waals surface area contributed by atoms with Crippen LogP contribution < -0.4 is 16.0 Å². The van der Waals surface area contributed by atoms with Crippen molar-refractivity contribution in [1.29, 1.82) is 0 Å². The molecule has 0 aliphatic heterocycles. The number of nitrogens with two attached hydrogens (primary N) is 1. The largest absolute Gasteiger partial charge is 0.497 e. The molecule has 0 atom stereocenters. The van der Waals surface area contributed by atoms with Crippen molar-refractivity contribution in [2.75, 3.05) is 7.11 Å². The predicted molar refractivity (Wildman–Crippen MR) is 90.4 cm³/mol. The lowest BCUT2D eigenvalue weighted by molar-refractivity contribution is 0.0955. The number of carbonyl (C=O) groups is 1. The van der Waals surface area contributed by atoms with Gasteiger partial charge in [0.05, 0.1) is 28.9 Å². The Morgan fingerprint density at radius 1 is 1.22 bits per heavy atom. The smallest absolute Gasteiger partial charge is 0.265 e. The van der Waals surface area contributed by atoms with Gasteiger partial charge < -0.3 is 4.74 Å². The van der Waals surface area contributed by atoms with Crippen molar-refractivity contribution in [3.63, 3.8) is 0 Å². The molecule has 0 aliphatic carbocycles. The maximum absolute atomic E-state index is 12.1. The third-order valence-electron chi connectivity index (χ3n) is 3.55. The Hall–Kier alpha value is -2.63. The summed E-state index contributed by atoms with van der Waals surface area (Å²) in [6.07, 6.45) is 0. The van der Waals surface area contributed by atoms with Crippen LogP contribution in [-0.2, 0) is 0 Å². The number of aromatic nitrogens is 1. The van der Waals surface area contributed by atoms with Gasteiger partial charge in [-0.1, -0.05) is 23.7 Å². The Balaban J connectivity index is 2.24. The lowest BCUT2D eigenvalue weighted by atomic mass is 10.0. The van der Waals surface area contributed by atoms with E-state index in [2.05, 4.69) is 10.4 Å². The number of carbonyl (C=O) groups excluding carboxylic acids is 1. The molecule has 0 aliphatic rings. The number of pyridine rings is 1. The van der Waals surface area contributed by atoms with Gasteiger partial charge in [0.2, 0.25) is 0 Å². The van der Waals surface area contributed by atoms with Crippen LogP contribution in [-0.4, -0.2) is 18.0 Å².